The molecule has 0 spiro atoms. The number of hydrogen-bond acceptors (Lipinski definition) is 6. The Hall–Kier alpha value is -4.59. The van der Waals surface area contributed by atoms with Crippen molar-refractivity contribution in [3.05, 3.63) is 120 Å². The molecule has 1 N–H and O–H groups in total. The van der Waals surface area contributed by atoms with Gasteiger partial charge >= 0.3 is 11.7 Å². The highest BCUT2D eigenvalue weighted by Gasteiger charge is 2.27. The van der Waals surface area contributed by atoms with Crippen LogP contribution >= 0.6 is 0 Å². The lowest BCUT2D eigenvalue weighted by atomic mass is 9.82. The van der Waals surface area contributed by atoms with Crippen LogP contribution in [0.4, 0.5) is 0 Å². The zero-order valence-corrected chi connectivity index (χ0v) is 22.6. The highest BCUT2D eigenvalue weighted by Crippen LogP contribution is 2.38. The maximum atomic E-state index is 13.4. The number of H-pyrrole nitrogens is 1. The normalized spacial score (nSPS) is 14.3. The molecule has 0 saturated heterocycles. The van der Waals surface area contributed by atoms with Crippen LogP contribution in [0, 0.1) is 6.92 Å². The number of aryl methyl sites for hydroxylation is 2. The zero-order valence-electron chi connectivity index (χ0n) is 22.6. The molecular formula is C31H30N4O4. The molecule has 198 valence electrons. The van der Waals surface area contributed by atoms with Crippen molar-refractivity contribution in [3.8, 4) is 5.95 Å². The summed E-state index contributed by atoms with van der Waals surface area (Å²) in [6.45, 7) is 9.40. The minimum atomic E-state index is -0.714. The van der Waals surface area contributed by atoms with Crippen molar-refractivity contribution >= 4 is 18.1 Å². The monoisotopic (exact) mass is 522 g/mol. The Kier molecular flexibility index (Phi) is 6.64. The SMILES string of the molecule is CCc1ccc2c(c1)C=Cc1cc(C)ccc1C2c1cn(-c2nccc(C(=O)OC(C)(C)C)n2)c(=O)[nH]c1=O. The number of benzene rings is 2. The van der Waals surface area contributed by atoms with Crippen molar-refractivity contribution in [2.75, 3.05) is 0 Å². The number of nitrogens with one attached hydrogen (secondary N) is 1. The average molecular weight is 523 g/mol. The number of aromatic amines is 1. The van der Waals surface area contributed by atoms with Crippen molar-refractivity contribution in [3.63, 3.8) is 0 Å². The fraction of sp³-hybridized carbons (Fsp3) is 0.258. The lowest BCUT2D eigenvalue weighted by Crippen LogP contribution is -2.33. The first kappa shape index (κ1) is 26.0. The van der Waals surface area contributed by atoms with Gasteiger partial charge in [-0.3, -0.25) is 9.78 Å². The molecule has 8 heteroatoms. The standard InChI is InChI=1S/C31H30N4O4/c1-6-19-8-12-23-21(16-19)10-9-20-15-18(2)7-11-22(20)26(23)24-17-35(30(38)34-27(24)36)29-32-14-13-25(33-29)28(37)39-31(3,4)5/h7-17,26H,6H2,1-5H3,(H,34,36,38). The first-order valence-corrected chi connectivity index (χ1v) is 12.9. The predicted molar refractivity (Wildman–Crippen MR) is 150 cm³/mol. The summed E-state index contributed by atoms with van der Waals surface area (Å²) in [5, 5.41) is 0. The molecule has 1 aliphatic carbocycles. The molecular weight excluding hydrogens is 492 g/mol. The largest absolute Gasteiger partial charge is 0.455 e. The molecule has 1 atom stereocenters. The Morgan fingerprint density at radius 3 is 2.38 bits per heavy atom. The van der Waals surface area contributed by atoms with E-state index in [-0.39, 0.29) is 11.6 Å². The summed E-state index contributed by atoms with van der Waals surface area (Å²) in [6.07, 6.45) is 7.89. The fourth-order valence-corrected chi connectivity index (χ4v) is 4.78. The van der Waals surface area contributed by atoms with Crippen LogP contribution in [-0.2, 0) is 11.2 Å². The van der Waals surface area contributed by atoms with Crippen LogP contribution in [0.25, 0.3) is 18.1 Å². The van der Waals surface area contributed by atoms with Crippen LogP contribution in [0.5, 0.6) is 0 Å². The number of carbonyl (C=O) groups excluding carboxylic acids is 1. The Balaban J connectivity index is 1.70. The second-order valence-corrected chi connectivity index (χ2v) is 10.7. The van der Waals surface area contributed by atoms with Gasteiger partial charge in [0.25, 0.3) is 5.56 Å². The highest BCUT2D eigenvalue weighted by molar-refractivity contribution is 5.87. The van der Waals surface area contributed by atoms with E-state index in [1.165, 1.54) is 24.0 Å². The van der Waals surface area contributed by atoms with Crippen LogP contribution in [0.1, 0.15) is 83.0 Å². The van der Waals surface area contributed by atoms with E-state index in [9.17, 15) is 14.4 Å². The van der Waals surface area contributed by atoms with Gasteiger partial charge in [-0.2, -0.15) is 0 Å². The van der Waals surface area contributed by atoms with Gasteiger partial charge in [-0.15, -0.1) is 0 Å². The van der Waals surface area contributed by atoms with Gasteiger partial charge in [0.1, 0.15) is 5.60 Å². The number of rotatable bonds is 4. The first-order valence-electron chi connectivity index (χ1n) is 12.9. The van der Waals surface area contributed by atoms with Crippen molar-refractivity contribution in [2.24, 2.45) is 0 Å². The van der Waals surface area contributed by atoms with E-state index in [2.05, 4.69) is 52.2 Å². The molecule has 2 aromatic carbocycles. The first-order chi connectivity index (χ1) is 18.5. The summed E-state index contributed by atoms with van der Waals surface area (Å²) in [6, 6.07) is 13.8. The molecule has 39 heavy (non-hydrogen) atoms. The third-order valence-electron chi connectivity index (χ3n) is 6.61. The molecule has 0 bridgehead atoms. The fourth-order valence-electron chi connectivity index (χ4n) is 4.78. The predicted octanol–water partition coefficient (Wildman–Crippen LogP) is 4.81. The van der Waals surface area contributed by atoms with Crippen molar-refractivity contribution in [1.29, 1.82) is 0 Å². The van der Waals surface area contributed by atoms with Crippen LogP contribution in [-0.4, -0.2) is 31.1 Å². The van der Waals surface area contributed by atoms with Crippen LogP contribution in [0.3, 0.4) is 0 Å². The number of aromatic nitrogens is 4. The van der Waals surface area contributed by atoms with Gasteiger partial charge in [-0.1, -0.05) is 61.0 Å². The van der Waals surface area contributed by atoms with Gasteiger partial charge < -0.3 is 4.74 Å². The van der Waals surface area contributed by atoms with Gasteiger partial charge in [-0.25, -0.2) is 24.1 Å². The van der Waals surface area contributed by atoms with Gasteiger partial charge in [-0.05, 0) is 68.0 Å². The molecule has 0 amide bonds. The van der Waals surface area contributed by atoms with Crippen LogP contribution < -0.4 is 11.2 Å². The van der Waals surface area contributed by atoms with Crippen molar-refractivity contribution in [1.82, 2.24) is 19.5 Å². The highest BCUT2D eigenvalue weighted by atomic mass is 16.6. The maximum absolute atomic E-state index is 13.4. The lowest BCUT2D eigenvalue weighted by molar-refractivity contribution is 0.00625. The van der Waals surface area contributed by atoms with Gasteiger partial charge in [0, 0.05) is 23.9 Å². The quantitative estimate of drug-likeness (QED) is 0.340. The number of nitrogens with zero attached hydrogens (tertiary/aromatic N) is 3. The topological polar surface area (TPSA) is 107 Å². The van der Waals surface area contributed by atoms with Gasteiger partial charge in [0.2, 0.25) is 5.95 Å². The van der Waals surface area contributed by atoms with Crippen molar-refractivity contribution < 1.29 is 9.53 Å². The molecule has 0 radical (unpaired) electrons. The molecule has 0 fully saturated rings. The summed E-state index contributed by atoms with van der Waals surface area (Å²) in [5.74, 6) is -1.14. The third-order valence-corrected chi connectivity index (χ3v) is 6.61. The van der Waals surface area contributed by atoms with E-state index in [1.54, 1.807) is 20.8 Å². The lowest BCUT2D eigenvalue weighted by Gasteiger charge is -2.22. The van der Waals surface area contributed by atoms with E-state index in [0.717, 1.165) is 38.8 Å². The van der Waals surface area contributed by atoms with Crippen molar-refractivity contribution in [2.45, 2.75) is 52.6 Å². The summed E-state index contributed by atoms with van der Waals surface area (Å²) in [4.78, 5) is 49.9. The number of hydrogen-bond donors (Lipinski definition) is 1. The summed E-state index contributed by atoms with van der Waals surface area (Å²) < 4.78 is 6.59. The Morgan fingerprint density at radius 1 is 1.00 bits per heavy atom. The number of fused-ring (bicyclic) bond motifs is 2. The van der Waals surface area contributed by atoms with Crippen LogP contribution in [0.2, 0.25) is 0 Å². The molecule has 1 unspecified atom stereocenters. The second-order valence-electron chi connectivity index (χ2n) is 10.7. The van der Waals surface area contributed by atoms with Gasteiger partial charge in [0.15, 0.2) is 5.69 Å². The van der Waals surface area contributed by atoms with E-state index >= 15 is 0 Å². The Labute approximate surface area is 226 Å². The smallest absolute Gasteiger partial charge is 0.357 e. The Morgan fingerprint density at radius 2 is 1.69 bits per heavy atom. The minimum Gasteiger partial charge on any atom is -0.455 e. The van der Waals surface area contributed by atoms with E-state index in [4.69, 9.17) is 4.74 Å². The van der Waals surface area contributed by atoms with Gasteiger partial charge in [0.05, 0.1) is 0 Å². The molecule has 8 nitrogen and oxygen atoms in total. The third kappa shape index (κ3) is 5.23. The summed E-state index contributed by atoms with van der Waals surface area (Å²) in [7, 11) is 0. The number of esters is 1. The molecule has 0 aliphatic heterocycles. The van der Waals surface area contributed by atoms with E-state index in [0.29, 0.717) is 5.56 Å². The molecule has 0 saturated carbocycles. The van der Waals surface area contributed by atoms with E-state index in [1.807, 2.05) is 25.1 Å². The average Bonchev–Trinajstić information content (AvgIpc) is 3.04. The number of ether oxygens (including phenoxy) is 1. The zero-order chi connectivity index (χ0) is 27.9. The minimum absolute atomic E-state index is 0.00602. The molecule has 2 heterocycles. The molecule has 4 aromatic rings. The Bertz CT molecular complexity index is 1740. The van der Waals surface area contributed by atoms with E-state index < -0.39 is 28.7 Å². The summed E-state index contributed by atoms with van der Waals surface area (Å²) in [5.41, 5.74) is 4.63. The second kappa shape index (κ2) is 9.94. The molecule has 5 rings (SSSR count). The summed E-state index contributed by atoms with van der Waals surface area (Å²) >= 11 is 0. The molecule has 2 aromatic heterocycles. The molecule has 1 aliphatic rings. The maximum Gasteiger partial charge on any atom is 0.357 e. The van der Waals surface area contributed by atoms with Crippen LogP contribution in [0.15, 0.2) is 64.4 Å². The number of carbonyl (C=O) groups is 1.